The summed E-state index contributed by atoms with van der Waals surface area (Å²) in [5, 5.41) is 1.70. The summed E-state index contributed by atoms with van der Waals surface area (Å²) in [5.74, 6) is 0. The molecule has 0 amide bonds. The van der Waals surface area contributed by atoms with Gasteiger partial charge in [0.25, 0.3) is 0 Å². The number of aromatic nitrogens is 1. The molecule has 0 radical (unpaired) electrons. The van der Waals surface area contributed by atoms with Gasteiger partial charge in [-0.15, -0.1) is 0 Å². The second kappa shape index (κ2) is 4.43. The smallest absolute Gasteiger partial charge is 0.130 e. The number of pyridine rings is 1. The molecule has 0 aliphatic heterocycles. The fourth-order valence-corrected chi connectivity index (χ4v) is 2.48. The average molecular weight is 254 g/mol. The van der Waals surface area contributed by atoms with Gasteiger partial charge in [-0.05, 0) is 24.1 Å². The van der Waals surface area contributed by atoms with Crippen LogP contribution in [0.2, 0.25) is 5.15 Å². The molecule has 0 bridgehead atoms. The minimum atomic E-state index is 0.545. The Morgan fingerprint density at radius 3 is 2.50 bits per heavy atom. The minimum Gasteiger partial charge on any atom is -0.235 e. The van der Waals surface area contributed by atoms with E-state index < -0.39 is 0 Å². The molecule has 88 valence electrons. The minimum absolute atomic E-state index is 0.545. The third-order valence-electron chi connectivity index (χ3n) is 3.10. The number of nitrogens with zero attached hydrogens (tertiary/aromatic N) is 1. The molecule has 0 fully saturated rings. The number of benzene rings is 2. The van der Waals surface area contributed by atoms with Crippen molar-refractivity contribution in [3.05, 3.63) is 65.3 Å². The van der Waals surface area contributed by atoms with Crippen LogP contribution in [-0.2, 0) is 0 Å². The van der Waals surface area contributed by atoms with Gasteiger partial charge in [-0.25, -0.2) is 4.98 Å². The highest BCUT2D eigenvalue weighted by molar-refractivity contribution is 6.30. The first-order chi connectivity index (χ1) is 8.75. The highest BCUT2D eigenvalue weighted by Crippen LogP contribution is 2.30. The van der Waals surface area contributed by atoms with E-state index in [1.165, 1.54) is 0 Å². The summed E-state index contributed by atoms with van der Waals surface area (Å²) in [5.41, 5.74) is 4.41. The van der Waals surface area contributed by atoms with Crippen LogP contribution >= 0.6 is 11.6 Å². The van der Waals surface area contributed by atoms with Crippen LogP contribution in [0.5, 0.6) is 0 Å². The van der Waals surface area contributed by atoms with E-state index in [0.717, 1.165) is 27.6 Å². The van der Waals surface area contributed by atoms with Crippen molar-refractivity contribution in [2.24, 2.45) is 0 Å². The van der Waals surface area contributed by atoms with Crippen molar-refractivity contribution in [1.82, 2.24) is 4.98 Å². The van der Waals surface area contributed by atoms with Gasteiger partial charge in [-0.3, -0.25) is 0 Å². The Hall–Kier alpha value is -1.86. The van der Waals surface area contributed by atoms with Gasteiger partial charge < -0.3 is 0 Å². The summed E-state index contributed by atoms with van der Waals surface area (Å²) >= 11 is 6.07. The van der Waals surface area contributed by atoms with Crippen molar-refractivity contribution in [1.29, 1.82) is 0 Å². The van der Waals surface area contributed by atoms with E-state index in [4.69, 9.17) is 11.6 Å². The maximum atomic E-state index is 6.07. The quantitative estimate of drug-likeness (QED) is 0.564. The van der Waals surface area contributed by atoms with Gasteiger partial charge in [-0.1, -0.05) is 60.1 Å². The molecule has 1 nitrogen and oxygen atoms in total. The van der Waals surface area contributed by atoms with Gasteiger partial charge in [0.2, 0.25) is 0 Å². The number of hydrogen-bond acceptors (Lipinski definition) is 1. The summed E-state index contributed by atoms with van der Waals surface area (Å²) in [6, 6.07) is 18.4. The number of aryl methyl sites for hydroxylation is 1. The van der Waals surface area contributed by atoms with Crippen molar-refractivity contribution in [3.8, 4) is 11.1 Å². The van der Waals surface area contributed by atoms with E-state index in [0.29, 0.717) is 5.15 Å². The molecule has 0 saturated heterocycles. The third kappa shape index (κ3) is 1.87. The molecule has 0 atom stereocenters. The molecule has 0 saturated carbocycles. The van der Waals surface area contributed by atoms with Gasteiger partial charge in [0.1, 0.15) is 5.15 Å². The molecule has 0 aliphatic rings. The molecule has 3 aromatic rings. The topological polar surface area (TPSA) is 12.9 Å². The zero-order chi connectivity index (χ0) is 12.5. The Balaban J connectivity index is 2.37. The number of halogens is 1. The number of hydrogen-bond donors (Lipinski definition) is 0. The van der Waals surface area contributed by atoms with Crippen molar-refractivity contribution in [2.75, 3.05) is 0 Å². The first-order valence-corrected chi connectivity index (χ1v) is 6.25. The van der Waals surface area contributed by atoms with Crippen LogP contribution in [0.3, 0.4) is 0 Å². The van der Waals surface area contributed by atoms with E-state index in [9.17, 15) is 0 Å². The summed E-state index contributed by atoms with van der Waals surface area (Å²) in [4.78, 5) is 4.48. The summed E-state index contributed by atoms with van der Waals surface area (Å²) < 4.78 is 0. The molecule has 1 heterocycles. The average Bonchev–Trinajstić information content (AvgIpc) is 2.39. The predicted molar refractivity (Wildman–Crippen MR) is 76.9 cm³/mol. The maximum Gasteiger partial charge on any atom is 0.130 e. The summed E-state index contributed by atoms with van der Waals surface area (Å²) in [7, 11) is 0. The molecule has 2 heteroatoms. The Morgan fingerprint density at radius 2 is 1.72 bits per heavy atom. The second-order valence-electron chi connectivity index (χ2n) is 4.33. The lowest BCUT2D eigenvalue weighted by Crippen LogP contribution is -1.88. The molecule has 0 N–H and O–H groups in total. The van der Waals surface area contributed by atoms with Crippen LogP contribution in [0.1, 0.15) is 5.56 Å². The van der Waals surface area contributed by atoms with E-state index in [1.807, 2.05) is 24.3 Å². The lowest BCUT2D eigenvalue weighted by atomic mass is 10.0. The van der Waals surface area contributed by atoms with E-state index in [2.05, 4.69) is 42.2 Å². The highest BCUT2D eigenvalue weighted by Gasteiger charge is 2.07. The number of para-hydroxylation sites is 1. The molecular formula is C16H12ClN. The predicted octanol–water partition coefficient (Wildman–Crippen LogP) is 4.86. The lowest BCUT2D eigenvalue weighted by molar-refractivity contribution is 1.37. The molecule has 0 spiro atoms. The van der Waals surface area contributed by atoms with E-state index >= 15 is 0 Å². The van der Waals surface area contributed by atoms with Gasteiger partial charge in [0.05, 0.1) is 5.52 Å². The first-order valence-electron chi connectivity index (χ1n) is 5.87. The van der Waals surface area contributed by atoms with Gasteiger partial charge in [0.15, 0.2) is 0 Å². The lowest BCUT2D eigenvalue weighted by Gasteiger charge is -2.08. The fraction of sp³-hybridized carbons (Fsp3) is 0.0625. The van der Waals surface area contributed by atoms with Crippen LogP contribution in [0, 0.1) is 6.92 Å². The monoisotopic (exact) mass is 253 g/mol. The molecule has 1 aromatic heterocycles. The molecule has 3 rings (SSSR count). The fourth-order valence-electron chi connectivity index (χ4n) is 2.23. The van der Waals surface area contributed by atoms with Crippen LogP contribution in [0.15, 0.2) is 54.6 Å². The maximum absolute atomic E-state index is 6.07. The second-order valence-corrected chi connectivity index (χ2v) is 4.72. The zero-order valence-electron chi connectivity index (χ0n) is 10.0. The normalized spacial score (nSPS) is 10.8. The van der Waals surface area contributed by atoms with E-state index in [1.54, 1.807) is 0 Å². The Bertz CT molecular complexity index is 705. The standard InChI is InChI=1S/C16H12ClN/c1-11-10-15(17)18-16-13(11)8-5-9-14(16)12-6-3-2-4-7-12/h2-10H,1H3. The number of rotatable bonds is 1. The summed E-state index contributed by atoms with van der Waals surface area (Å²) in [6.07, 6.45) is 0. The van der Waals surface area contributed by atoms with Gasteiger partial charge in [0, 0.05) is 10.9 Å². The van der Waals surface area contributed by atoms with Crippen molar-refractivity contribution >= 4 is 22.5 Å². The highest BCUT2D eigenvalue weighted by atomic mass is 35.5. The van der Waals surface area contributed by atoms with Crippen LogP contribution < -0.4 is 0 Å². The van der Waals surface area contributed by atoms with Gasteiger partial charge in [-0.2, -0.15) is 0 Å². The van der Waals surface area contributed by atoms with Crippen molar-refractivity contribution < 1.29 is 0 Å². The molecule has 18 heavy (non-hydrogen) atoms. The van der Waals surface area contributed by atoms with Crippen molar-refractivity contribution in [3.63, 3.8) is 0 Å². The Morgan fingerprint density at radius 1 is 0.944 bits per heavy atom. The summed E-state index contributed by atoms with van der Waals surface area (Å²) in [6.45, 7) is 2.06. The largest absolute Gasteiger partial charge is 0.235 e. The molecule has 0 aliphatic carbocycles. The van der Waals surface area contributed by atoms with Crippen LogP contribution in [0.25, 0.3) is 22.0 Å². The Kier molecular flexibility index (Phi) is 2.77. The van der Waals surface area contributed by atoms with Crippen molar-refractivity contribution in [2.45, 2.75) is 6.92 Å². The van der Waals surface area contributed by atoms with Crippen LogP contribution in [-0.4, -0.2) is 4.98 Å². The van der Waals surface area contributed by atoms with Crippen LogP contribution in [0.4, 0.5) is 0 Å². The Labute approximate surface area is 111 Å². The number of fused-ring (bicyclic) bond motifs is 1. The van der Waals surface area contributed by atoms with Gasteiger partial charge >= 0.3 is 0 Å². The molecular weight excluding hydrogens is 242 g/mol. The first kappa shape index (κ1) is 11.2. The third-order valence-corrected chi connectivity index (χ3v) is 3.29. The molecule has 0 unspecified atom stereocenters. The zero-order valence-corrected chi connectivity index (χ0v) is 10.8. The SMILES string of the molecule is Cc1cc(Cl)nc2c(-c3ccccc3)cccc12. The molecule has 2 aromatic carbocycles. The van der Waals surface area contributed by atoms with E-state index in [-0.39, 0.29) is 0 Å².